The molecule has 0 aliphatic carbocycles. The monoisotopic (exact) mass is 407 g/mol. The van der Waals surface area contributed by atoms with Gasteiger partial charge in [0.2, 0.25) is 0 Å². The van der Waals surface area contributed by atoms with E-state index in [0.717, 1.165) is 31.9 Å². The molecule has 1 unspecified atom stereocenters. The lowest BCUT2D eigenvalue weighted by atomic mass is 10.0. The van der Waals surface area contributed by atoms with E-state index in [1.54, 1.807) is 10.9 Å². The first-order chi connectivity index (χ1) is 14.7. The van der Waals surface area contributed by atoms with Crippen molar-refractivity contribution in [3.05, 3.63) is 52.7 Å². The van der Waals surface area contributed by atoms with E-state index in [1.165, 1.54) is 25.9 Å². The summed E-state index contributed by atoms with van der Waals surface area (Å²) in [4.78, 5) is 27.8. The number of fused-ring (bicyclic) bond motifs is 1. The molecule has 2 saturated heterocycles. The Kier molecular flexibility index (Phi) is 5.37. The van der Waals surface area contributed by atoms with E-state index in [2.05, 4.69) is 31.8 Å². The zero-order valence-electron chi connectivity index (χ0n) is 17.5. The van der Waals surface area contributed by atoms with Crippen molar-refractivity contribution in [3.63, 3.8) is 0 Å². The fourth-order valence-electron chi connectivity index (χ4n) is 4.73. The zero-order valence-corrected chi connectivity index (χ0v) is 17.5. The van der Waals surface area contributed by atoms with E-state index >= 15 is 0 Å². The zero-order chi connectivity index (χ0) is 20.5. The average Bonchev–Trinajstić information content (AvgIpc) is 3.19. The van der Waals surface area contributed by atoms with Crippen molar-refractivity contribution in [3.8, 4) is 5.69 Å². The predicted octanol–water partition coefficient (Wildman–Crippen LogP) is 1.32. The van der Waals surface area contributed by atoms with Crippen molar-refractivity contribution in [1.82, 2.24) is 34.4 Å². The van der Waals surface area contributed by atoms with Gasteiger partial charge in [-0.1, -0.05) is 18.2 Å². The van der Waals surface area contributed by atoms with E-state index in [4.69, 9.17) is 4.98 Å². The molecule has 1 aromatic carbocycles. The lowest BCUT2D eigenvalue weighted by molar-refractivity contribution is 0.0559. The number of hydrogen-bond acceptors (Lipinski definition) is 6. The van der Waals surface area contributed by atoms with Crippen LogP contribution in [-0.2, 0) is 6.54 Å². The van der Waals surface area contributed by atoms with Crippen LogP contribution in [0.4, 0.5) is 0 Å². The van der Waals surface area contributed by atoms with Crippen LogP contribution in [0.2, 0.25) is 0 Å². The molecule has 2 aliphatic heterocycles. The maximum Gasteiger partial charge on any atom is 0.262 e. The maximum atomic E-state index is 12.6. The molecule has 3 aromatic rings. The van der Waals surface area contributed by atoms with E-state index in [1.807, 2.05) is 30.3 Å². The van der Waals surface area contributed by atoms with Crippen LogP contribution in [0.1, 0.15) is 18.7 Å². The second kappa shape index (κ2) is 8.29. The van der Waals surface area contributed by atoms with Crippen molar-refractivity contribution in [1.29, 1.82) is 0 Å². The SMILES string of the molecule is CN1CCCC(N2CCN(Cc3nc4c(cnn4-c4ccccc4)c(=O)[nH]3)CC2)C1. The summed E-state index contributed by atoms with van der Waals surface area (Å²) in [6.07, 6.45) is 4.19. The second-order valence-electron chi connectivity index (χ2n) is 8.51. The highest BCUT2D eigenvalue weighted by Gasteiger charge is 2.27. The number of rotatable bonds is 4. The van der Waals surface area contributed by atoms with Gasteiger partial charge in [0.25, 0.3) is 5.56 Å². The van der Waals surface area contributed by atoms with Gasteiger partial charge < -0.3 is 9.88 Å². The quantitative estimate of drug-likeness (QED) is 0.703. The van der Waals surface area contributed by atoms with Crippen LogP contribution in [0.5, 0.6) is 0 Å². The Labute approximate surface area is 176 Å². The molecule has 0 bridgehead atoms. The van der Waals surface area contributed by atoms with Crippen LogP contribution < -0.4 is 5.56 Å². The minimum atomic E-state index is -0.124. The topological polar surface area (TPSA) is 73.3 Å². The van der Waals surface area contributed by atoms with Crippen LogP contribution in [-0.4, -0.2) is 86.8 Å². The van der Waals surface area contributed by atoms with Crippen LogP contribution >= 0.6 is 0 Å². The lowest BCUT2D eigenvalue weighted by Gasteiger charge is -2.42. The number of likely N-dealkylation sites (N-methyl/N-ethyl adjacent to an activating group) is 1. The molecule has 0 amide bonds. The molecule has 1 atom stereocenters. The number of piperazine rings is 1. The maximum absolute atomic E-state index is 12.6. The number of para-hydroxylation sites is 1. The van der Waals surface area contributed by atoms with Crippen molar-refractivity contribution in [2.24, 2.45) is 0 Å². The normalized spacial score (nSPS) is 22.0. The second-order valence-corrected chi connectivity index (χ2v) is 8.51. The molecule has 0 radical (unpaired) electrons. The van der Waals surface area contributed by atoms with Crippen LogP contribution in [0.25, 0.3) is 16.7 Å². The fourth-order valence-corrected chi connectivity index (χ4v) is 4.73. The number of piperidine rings is 1. The first-order valence-electron chi connectivity index (χ1n) is 10.8. The van der Waals surface area contributed by atoms with Gasteiger partial charge in [0.05, 0.1) is 18.4 Å². The Balaban J connectivity index is 1.30. The molecule has 2 aliphatic rings. The summed E-state index contributed by atoms with van der Waals surface area (Å²) < 4.78 is 1.74. The molecule has 0 spiro atoms. The number of hydrogen-bond donors (Lipinski definition) is 1. The van der Waals surface area contributed by atoms with Gasteiger partial charge in [0, 0.05) is 38.8 Å². The smallest absolute Gasteiger partial charge is 0.262 e. The third-order valence-electron chi connectivity index (χ3n) is 6.38. The van der Waals surface area contributed by atoms with Gasteiger partial charge >= 0.3 is 0 Å². The van der Waals surface area contributed by atoms with Gasteiger partial charge in [-0.15, -0.1) is 0 Å². The average molecular weight is 408 g/mol. The summed E-state index contributed by atoms with van der Waals surface area (Å²) in [6, 6.07) is 10.5. The summed E-state index contributed by atoms with van der Waals surface area (Å²) >= 11 is 0. The van der Waals surface area contributed by atoms with Crippen molar-refractivity contribution in [2.75, 3.05) is 46.3 Å². The number of nitrogens with zero attached hydrogens (tertiary/aromatic N) is 6. The molecule has 1 N–H and O–H groups in total. The van der Waals surface area contributed by atoms with E-state index in [9.17, 15) is 4.79 Å². The summed E-state index contributed by atoms with van der Waals surface area (Å²) in [7, 11) is 2.22. The Morgan fingerprint density at radius 2 is 1.90 bits per heavy atom. The number of aromatic nitrogens is 4. The first-order valence-corrected chi connectivity index (χ1v) is 10.8. The summed E-state index contributed by atoms with van der Waals surface area (Å²) in [5, 5.41) is 4.91. The molecule has 5 rings (SSSR count). The number of H-pyrrole nitrogens is 1. The molecular formula is C22H29N7O. The van der Waals surface area contributed by atoms with Gasteiger partial charge in [0.1, 0.15) is 11.2 Å². The molecule has 2 aromatic heterocycles. The first kappa shape index (κ1) is 19.4. The molecule has 8 nitrogen and oxygen atoms in total. The van der Waals surface area contributed by atoms with Crippen molar-refractivity contribution < 1.29 is 0 Å². The number of benzene rings is 1. The van der Waals surface area contributed by atoms with Gasteiger partial charge in [-0.3, -0.25) is 14.6 Å². The van der Waals surface area contributed by atoms with Crippen LogP contribution in [0, 0.1) is 0 Å². The summed E-state index contributed by atoms with van der Waals surface area (Å²) in [5.74, 6) is 0.705. The minimum Gasteiger partial charge on any atom is -0.309 e. The highest BCUT2D eigenvalue weighted by molar-refractivity contribution is 5.75. The Bertz CT molecular complexity index is 1050. The predicted molar refractivity (Wildman–Crippen MR) is 117 cm³/mol. The van der Waals surface area contributed by atoms with E-state index in [-0.39, 0.29) is 5.56 Å². The molecule has 8 heteroatoms. The Hall–Kier alpha value is -2.55. The van der Waals surface area contributed by atoms with Gasteiger partial charge in [-0.05, 0) is 38.6 Å². The van der Waals surface area contributed by atoms with Gasteiger partial charge in [0.15, 0.2) is 5.65 Å². The number of nitrogens with one attached hydrogen (secondary N) is 1. The molecule has 4 heterocycles. The molecule has 158 valence electrons. The highest BCUT2D eigenvalue weighted by atomic mass is 16.1. The standard InChI is InChI=1S/C22H29N7O/c1-26-9-5-8-18(15-26)28-12-10-27(11-13-28)16-20-24-21-19(22(30)25-20)14-23-29(21)17-6-3-2-4-7-17/h2-4,6-7,14,18H,5,8-13,15-16H2,1H3,(H,24,25,30). The van der Waals surface area contributed by atoms with E-state index in [0.29, 0.717) is 29.4 Å². The fraction of sp³-hybridized carbons (Fsp3) is 0.500. The third-order valence-corrected chi connectivity index (χ3v) is 6.38. The molecule has 2 fully saturated rings. The largest absolute Gasteiger partial charge is 0.309 e. The van der Waals surface area contributed by atoms with Crippen molar-refractivity contribution in [2.45, 2.75) is 25.4 Å². The summed E-state index contributed by atoms with van der Waals surface area (Å²) in [5.41, 5.74) is 1.40. The molecule has 30 heavy (non-hydrogen) atoms. The molecular weight excluding hydrogens is 378 g/mol. The Morgan fingerprint density at radius 1 is 1.10 bits per heavy atom. The number of likely N-dealkylation sites (tertiary alicyclic amines) is 1. The van der Waals surface area contributed by atoms with Crippen LogP contribution in [0.15, 0.2) is 41.3 Å². The number of aromatic amines is 1. The molecule has 0 saturated carbocycles. The van der Waals surface area contributed by atoms with Crippen molar-refractivity contribution >= 4 is 11.0 Å². The highest BCUT2D eigenvalue weighted by Crippen LogP contribution is 2.18. The third kappa shape index (κ3) is 3.90. The summed E-state index contributed by atoms with van der Waals surface area (Å²) in [6.45, 7) is 7.20. The minimum absolute atomic E-state index is 0.124. The van der Waals surface area contributed by atoms with Crippen LogP contribution in [0.3, 0.4) is 0 Å². The Morgan fingerprint density at radius 3 is 2.67 bits per heavy atom. The lowest BCUT2D eigenvalue weighted by Crippen LogP contribution is -2.54. The van der Waals surface area contributed by atoms with E-state index < -0.39 is 0 Å². The van der Waals surface area contributed by atoms with Gasteiger partial charge in [-0.25, -0.2) is 9.67 Å². The van der Waals surface area contributed by atoms with Gasteiger partial charge in [-0.2, -0.15) is 5.10 Å².